The summed E-state index contributed by atoms with van der Waals surface area (Å²) in [7, 11) is 3.26. The number of pyridine rings is 1. The number of carbonyl (C=O) groups is 2. The number of amides is 2. The Morgan fingerprint density at radius 1 is 1.20 bits per heavy atom. The number of para-hydroxylation sites is 1. The summed E-state index contributed by atoms with van der Waals surface area (Å²) in [6.45, 7) is 1.73. The molecule has 2 aliphatic rings. The van der Waals surface area contributed by atoms with Gasteiger partial charge < -0.3 is 25.3 Å². The lowest BCUT2D eigenvalue weighted by Crippen LogP contribution is -2.34. The van der Waals surface area contributed by atoms with Crippen molar-refractivity contribution in [3.8, 4) is 17.1 Å². The van der Waals surface area contributed by atoms with Gasteiger partial charge in [-0.2, -0.15) is 0 Å². The number of imidazole rings is 1. The number of carbonyl (C=O) groups excluding carboxylic acids is 2. The minimum atomic E-state index is -0.301. The van der Waals surface area contributed by atoms with Crippen molar-refractivity contribution in [2.24, 2.45) is 4.99 Å². The highest BCUT2D eigenvalue weighted by Gasteiger charge is 2.27. The van der Waals surface area contributed by atoms with Gasteiger partial charge in [0.1, 0.15) is 5.82 Å². The highest BCUT2D eigenvalue weighted by atomic mass is 32.2. The molecule has 3 aromatic rings. The number of rotatable bonds is 12. The van der Waals surface area contributed by atoms with Gasteiger partial charge in [-0.15, -0.1) is 0 Å². The number of aliphatic imine (C=N–C) groups is 1. The third-order valence-electron chi connectivity index (χ3n) is 7.12. The van der Waals surface area contributed by atoms with Gasteiger partial charge in [0.2, 0.25) is 17.7 Å². The van der Waals surface area contributed by atoms with Gasteiger partial charge in [0.25, 0.3) is 0 Å². The molecular formula is C29H35N7O3S. The predicted molar refractivity (Wildman–Crippen MR) is 158 cm³/mol. The van der Waals surface area contributed by atoms with Crippen LogP contribution in [0.5, 0.6) is 5.88 Å². The Labute approximate surface area is 238 Å². The van der Waals surface area contributed by atoms with Crippen LogP contribution in [0, 0.1) is 0 Å². The van der Waals surface area contributed by atoms with Gasteiger partial charge in [-0.25, -0.2) is 9.97 Å². The van der Waals surface area contributed by atoms with E-state index in [-0.39, 0.29) is 24.3 Å². The number of hydrogen-bond acceptors (Lipinski definition) is 8. The van der Waals surface area contributed by atoms with Gasteiger partial charge in [0.15, 0.2) is 5.17 Å². The smallest absolute Gasteiger partial charge is 0.226 e. The minimum absolute atomic E-state index is 0.0433. The van der Waals surface area contributed by atoms with E-state index in [1.165, 1.54) is 0 Å². The highest BCUT2D eigenvalue weighted by molar-refractivity contribution is 8.16. The lowest BCUT2D eigenvalue weighted by atomic mass is 10.1. The van der Waals surface area contributed by atoms with Crippen LogP contribution < -0.4 is 15.4 Å². The van der Waals surface area contributed by atoms with E-state index in [0.717, 1.165) is 71.8 Å². The first-order chi connectivity index (χ1) is 19.6. The third-order valence-corrected chi connectivity index (χ3v) is 8.07. The maximum absolute atomic E-state index is 13.2. The van der Waals surface area contributed by atoms with Crippen molar-refractivity contribution in [2.45, 2.75) is 51.0 Å². The number of nitrogens with one attached hydrogen (secondary N) is 3. The van der Waals surface area contributed by atoms with Gasteiger partial charge in [0.05, 0.1) is 42.5 Å². The number of thioether (sulfide) groups is 1. The van der Waals surface area contributed by atoms with Crippen LogP contribution in [-0.2, 0) is 9.59 Å². The van der Waals surface area contributed by atoms with E-state index in [2.05, 4.69) is 35.5 Å². The molecule has 0 saturated heterocycles. The van der Waals surface area contributed by atoms with Crippen LogP contribution in [0.25, 0.3) is 22.2 Å². The summed E-state index contributed by atoms with van der Waals surface area (Å²) in [5.41, 5.74) is 3.41. The molecular weight excluding hydrogens is 526 g/mol. The Bertz CT molecular complexity index is 1430. The third kappa shape index (κ3) is 6.47. The Kier molecular flexibility index (Phi) is 9.00. The number of unbranched alkanes of at least 4 members (excludes halogenated alkanes) is 2. The quantitative estimate of drug-likeness (QED) is 0.278. The zero-order valence-electron chi connectivity index (χ0n) is 22.9. The fourth-order valence-electron chi connectivity index (χ4n) is 4.99. The number of methoxy groups -OCH3 is 1. The zero-order valence-corrected chi connectivity index (χ0v) is 23.7. The van der Waals surface area contributed by atoms with Crippen molar-refractivity contribution in [1.29, 1.82) is 0 Å². The molecule has 0 fully saturated rings. The van der Waals surface area contributed by atoms with Crippen LogP contribution in [0.1, 0.15) is 56.8 Å². The molecule has 0 aliphatic carbocycles. The van der Waals surface area contributed by atoms with E-state index in [4.69, 9.17) is 4.74 Å². The molecule has 1 atom stereocenters. The van der Waals surface area contributed by atoms with Gasteiger partial charge in [-0.1, -0.05) is 42.8 Å². The Morgan fingerprint density at radius 2 is 2.08 bits per heavy atom. The first kappa shape index (κ1) is 27.7. The molecule has 11 heteroatoms. The largest absolute Gasteiger partial charge is 0.480 e. The van der Waals surface area contributed by atoms with Gasteiger partial charge in [0, 0.05) is 37.6 Å². The number of nitrogens with zero attached hydrogens (tertiary/aromatic N) is 4. The van der Waals surface area contributed by atoms with Crippen molar-refractivity contribution in [2.75, 3.05) is 27.2 Å². The van der Waals surface area contributed by atoms with Crippen LogP contribution in [0.4, 0.5) is 0 Å². The molecule has 4 heterocycles. The number of aromatic nitrogens is 3. The average molecular weight is 562 g/mol. The highest BCUT2D eigenvalue weighted by Crippen LogP contribution is 2.33. The molecule has 0 unspecified atom stereocenters. The molecule has 10 nitrogen and oxygen atoms in total. The van der Waals surface area contributed by atoms with Crippen LogP contribution in [-0.4, -0.2) is 64.1 Å². The molecule has 210 valence electrons. The van der Waals surface area contributed by atoms with Crippen molar-refractivity contribution >= 4 is 39.6 Å². The molecule has 0 bridgehead atoms. The molecule has 0 spiro atoms. The van der Waals surface area contributed by atoms with Crippen molar-refractivity contribution in [1.82, 2.24) is 30.5 Å². The van der Waals surface area contributed by atoms with Crippen LogP contribution in [0.15, 0.2) is 52.6 Å². The van der Waals surface area contributed by atoms with E-state index in [1.807, 2.05) is 35.7 Å². The van der Waals surface area contributed by atoms with Crippen molar-refractivity contribution < 1.29 is 14.3 Å². The second-order valence-corrected chi connectivity index (χ2v) is 10.7. The molecule has 2 aromatic heterocycles. The summed E-state index contributed by atoms with van der Waals surface area (Å²) in [6.07, 6.45) is 6.76. The summed E-state index contributed by atoms with van der Waals surface area (Å²) < 4.78 is 5.60. The molecule has 5 rings (SSSR count). The second-order valence-electron chi connectivity index (χ2n) is 9.89. The topological polar surface area (TPSA) is 125 Å². The molecule has 0 radical (unpaired) electrons. The minimum Gasteiger partial charge on any atom is -0.480 e. The van der Waals surface area contributed by atoms with E-state index in [9.17, 15) is 9.59 Å². The SMILES string of the molecule is CNC(=O)CCCCC[C@@H](NC(=O)CC1=CSC2=NCCCN12)c1ncc(-c2cc3ccccc3nc2OC)[nH]1. The van der Waals surface area contributed by atoms with Crippen LogP contribution in [0.2, 0.25) is 0 Å². The van der Waals surface area contributed by atoms with Crippen LogP contribution in [0.3, 0.4) is 0 Å². The molecule has 2 amide bonds. The van der Waals surface area contributed by atoms with Crippen molar-refractivity contribution in [3.05, 3.63) is 53.5 Å². The van der Waals surface area contributed by atoms with E-state index in [1.54, 1.807) is 32.1 Å². The molecule has 3 N–H and O–H groups in total. The summed E-state index contributed by atoms with van der Waals surface area (Å²) in [6, 6.07) is 9.62. The van der Waals surface area contributed by atoms with Gasteiger partial charge >= 0.3 is 0 Å². The van der Waals surface area contributed by atoms with Crippen molar-refractivity contribution in [3.63, 3.8) is 0 Å². The number of H-pyrrole nitrogens is 1. The molecule has 1 aromatic carbocycles. The Morgan fingerprint density at radius 3 is 2.92 bits per heavy atom. The summed E-state index contributed by atoms with van der Waals surface area (Å²) in [5, 5.41) is 9.89. The van der Waals surface area contributed by atoms with Gasteiger partial charge in [-0.05, 0) is 36.8 Å². The van der Waals surface area contributed by atoms with Crippen LogP contribution >= 0.6 is 11.8 Å². The van der Waals surface area contributed by atoms with E-state index < -0.39 is 0 Å². The van der Waals surface area contributed by atoms with Gasteiger partial charge in [-0.3, -0.25) is 14.6 Å². The predicted octanol–water partition coefficient (Wildman–Crippen LogP) is 4.53. The zero-order chi connectivity index (χ0) is 27.9. The normalized spacial score (nSPS) is 15.3. The Hall–Kier alpha value is -3.86. The average Bonchev–Trinajstić information content (AvgIpc) is 3.63. The fraction of sp³-hybridized carbons (Fsp3) is 0.414. The number of ether oxygens (including phenoxy) is 1. The fourth-order valence-corrected chi connectivity index (χ4v) is 5.95. The number of benzene rings is 1. The maximum Gasteiger partial charge on any atom is 0.226 e. The summed E-state index contributed by atoms with van der Waals surface area (Å²) in [5.74, 6) is 1.17. The summed E-state index contributed by atoms with van der Waals surface area (Å²) >= 11 is 1.59. The molecule has 40 heavy (non-hydrogen) atoms. The van der Waals surface area contributed by atoms with E-state index >= 15 is 0 Å². The standard InChI is InChI=1S/C29H35N7O3S/c1-30-25(37)12-5-3-4-11-23(33-26(38)16-20-18-40-29-31-13-8-14-36(20)29)27-32-17-24(34-27)21-15-19-9-6-7-10-22(19)35-28(21)39-2/h6-7,9-10,15,17-18,23H,3-5,8,11-14,16H2,1-2H3,(H,30,37)(H,32,34)(H,33,38)/t23-/m1/s1. The summed E-state index contributed by atoms with van der Waals surface area (Å²) in [4.78, 5) is 44.3. The van der Waals surface area contributed by atoms with E-state index in [0.29, 0.717) is 24.5 Å². The number of amidine groups is 1. The second kappa shape index (κ2) is 13.0. The first-order valence-corrected chi connectivity index (χ1v) is 14.6. The lowest BCUT2D eigenvalue weighted by Gasteiger charge is -2.25. The number of aromatic amines is 1. The monoisotopic (exact) mass is 561 g/mol. The first-order valence-electron chi connectivity index (χ1n) is 13.7. The number of hydrogen-bond donors (Lipinski definition) is 3. The molecule has 2 aliphatic heterocycles. The Balaban J connectivity index is 1.32. The maximum atomic E-state index is 13.2. The lowest BCUT2D eigenvalue weighted by molar-refractivity contribution is -0.121. The molecule has 0 saturated carbocycles. The number of fused-ring (bicyclic) bond motifs is 2.